The first kappa shape index (κ1) is 24.8. The minimum atomic E-state index is -0.534. The molecule has 1 aliphatic heterocycles. The van der Waals surface area contributed by atoms with Crippen LogP contribution >= 0.6 is 11.3 Å². The van der Waals surface area contributed by atoms with Gasteiger partial charge in [-0.15, -0.1) is 16.4 Å². The molecule has 1 aliphatic rings. The number of ether oxygens (including phenoxy) is 1. The first-order valence-corrected chi connectivity index (χ1v) is 12.5. The molecule has 0 spiro atoms. The molecule has 8 nitrogen and oxygen atoms in total. The highest BCUT2D eigenvalue weighted by molar-refractivity contribution is 7.13. The number of hydrogen-bond donors (Lipinski definition) is 0. The Balaban J connectivity index is 1.44. The molecular weight excluding hydrogens is 469 g/mol. The fourth-order valence-electron chi connectivity index (χ4n) is 3.99. The highest BCUT2D eigenvalue weighted by Gasteiger charge is 2.29. The van der Waals surface area contributed by atoms with Crippen LogP contribution in [0, 0.1) is 11.7 Å². The lowest BCUT2D eigenvalue weighted by molar-refractivity contribution is 0.0245. The molecule has 1 fully saturated rings. The number of aromatic nitrogens is 3. The van der Waals surface area contributed by atoms with Crippen LogP contribution in [0.4, 0.5) is 9.18 Å². The number of halogens is 1. The fraction of sp³-hybridized carbons (Fsp3) is 0.440. The summed E-state index contributed by atoms with van der Waals surface area (Å²) in [6.45, 7) is 7.24. The molecule has 2 aromatic heterocycles. The van der Waals surface area contributed by atoms with Crippen LogP contribution in [0.2, 0.25) is 0 Å². The highest BCUT2D eigenvalue weighted by atomic mass is 32.1. The SMILES string of the molecule is CN(CC1CCN(C(=O)c2nc(-c3cccs3)n(-c3ccc(F)cc3)n2)CC1)C(=O)OC(C)(C)C. The van der Waals surface area contributed by atoms with Crippen LogP contribution in [-0.2, 0) is 4.74 Å². The van der Waals surface area contributed by atoms with E-state index in [1.807, 2.05) is 38.3 Å². The number of amides is 2. The van der Waals surface area contributed by atoms with Crippen molar-refractivity contribution in [3.8, 4) is 16.4 Å². The largest absolute Gasteiger partial charge is 0.444 e. The van der Waals surface area contributed by atoms with Crippen LogP contribution in [0.5, 0.6) is 0 Å². The number of benzene rings is 1. The van der Waals surface area contributed by atoms with Crippen LogP contribution in [-0.4, -0.2) is 68.8 Å². The molecule has 0 atom stereocenters. The minimum Gasteiger partial charge on any atom is -0.444 e. The standard InChI is InChI=1S/C25H30FN5O3S/c1-25(2,3)34-24(33)29(4)16-17-11-13-30(14-12-17)23(32)21-27-22(20-6-5-15-35-20)31(28-21)19-9-7-18(26)8-10-19/h5-10,15,17H,11-14,16H2,1-4H3. The van der Waals surface area contributed by atoms with Gasteiger partial charge >= 0.3 is 6.09 Å². The molecule has 0 radical (unpaired) electrons. The van der Waals surface area contributed by atoms with Gasteiger partial charge in [-0.25, -0.2) is 18.9 Å². The van der Waals surface area contributed by atoms with E-state index in [-0.39, 0.29) is 29.6 Å². The minimum absolute atomic E-state index is 0.113. The van der Waals surface area contributed by atoms with Crippen LogP contribution in [0.25, 0.3) is 16.4 Å². The van der Waals surface area contributed by atoms with E-state index in [1.165, 1.54) is 23.5 Å². The molecule has 1 aromatic carbocycles. The molecule has 0 aliphatic carbocycles. The van der Waals surface area contributed by atoms with Gasteiger partial charge in [0, 0.05) is 26.7 Å². The predicted octanol–water partition coefficient (Wildman–Crippen LogP) is 4.85. The molecule has 0 unspecified atom stereocenters. The Morgan fingerprint density at radius 1 is 1.17 bits per heavy atom. The Labute approximate surface area is 208 Å². The lowest BCUT2D eigenvalue weighted by Crippen LogP contribution is -2.43. The second-order valence-corrected chi connectivity index (χ2v) is 10.7. The van der Waals surface area contributed by atoms with Gasteiger partial charge in [0.1, 0.15) is 11.4 Å². The van der Waals surface area contributed by atoms with E-state index in [0.29, 0.717) is 31.1 Å². The van der Waals surface area contributed by atoms with Gasteiger partial charge in [-0.2, -0.15) is 0 Å². The van der Waals surface area contributed by atoms with Gasteiger partial charge in [-0.1, -0.05) is 6.07 Å². The molecule has 10 heteroatoms. The number of nitrogens with zero attached hydrogens (tertiary/aromatic N) is 5. The summed E-state index contributed by atoms with van der Waals surface area (Å²) in [6.07, 6.45) is 1.21. The molecule has 0 N–H and O–H groups in total. The van der Waals surface area contributed by atoms with Gasteiger partial charge in [0.2, 0.25) is 5.82 Å². The van der Waals surface area contributed by atoms with E-state index < -0.39 is 5.60 Å². The van der Waals surface area contributed by atoms with Gasteiger partial charge in [0.25, 0.3) is 5.91 Å². The summed E-state index contributed by atoms with van der Waals surface area (Å²) < 4.78 is 20.5. The lowest BCUT2D eigenvalue weighted by Gasteiger charge is -2.33. The number of carbonyl (C=O) groups is 2. The molecule has 0 bridgehead atoms. The van der Waals surface area contributed by atoms with Crippen molar-refractivity contribution in [3.05, 3.63) is 53.4 Å². The summed E-state index contributed by atoms with van der Waals surface area (Å²) in [5.74, 6) is 0.361. The molecule has 0 saturated carbocycles. The lowest BCUT2D eigenvalue weighted by atomic mass is 9.96. The maximum atomic E-state index is 13.4. The number of hydrogen-bond acceptors (Lipinski definition) is 6. The fourth-order valence-corrected chi connectivity index (χ4v) is 4.69. The van der Waals surface area contributed by atoms with Gasteiger partial charge < -0.3 is 14.5 Å². The third-order valence-electron chi connectivity index (χ3n) is 5.75. The van der Waals surface area contributed by atoms with Crippen LogP contribution < -0.4 is 0 Å². The summed E-state index contributed by atoms with van der Waals surface area (Å²) in [4.78, 5) is 34.3. The first-order chi connectivity index (χ1) is 16.6. The van der Waals surface area contributed by atoms with E-state index in [1.54, 1.807) is 33.7 Å². The van der Waals surface area contributed by atoms with Crippen molar-refractivity contribution in [2.24, 2.45) is 5.92 Å². The van der Waals surface area contributed by atoms with Gasteiger partial charge in [0.05, 0.1) is 10.6 Å². The van der Waals surface area contributed by atoms with E-state index in [0.717, 1.165) is 17.7 Å². The summed E-state index contributed by atoms with van der Waals surface area (Å²) in [7, 11) is 1.74. The monoisotopic (exact) mass is 499 g/mol. The van der Waals surface area contributed by atoms with E-state index >= 15 is 0 Å². The topological polar surface area (TPSA) is 80.6 Å². The first-order valence-electron chi connectivity index (χ1n) is 11.6. The van der Waals surface area contributed by atoms with Crippen molar-refractivity contribution in [2.45, 2.75) is 39.2 Å². The van der Waals surface area contributed by atoms with Gasteiger partial charge in [0.15, 0.2) is 5.82 Å². The van der Waals surface area contributed by atoms with Gasteiger partial charge in [-0.3, -0.25) is 4.79 Å². The third kappa shape index (κ3) is 6.05. The molecule has 2 amide bonds. The average molecular weight is 500 g/mol. The number of rotatable bonds is 5. The molecule has 4 rings (SSSR count). The number of thiophene rings is 1. The van der Waals surface area contributed by atoms with Crippen LogP contribution in [0.1, 0.15) is 44.2 Å². The van der Waals surface area contributed by atoms with Crippen molar-refractivity contribution >= 4 is 23.3 Å². The normalized spacial score (nSPS) is 14.7. The molecule has 35 heavy (non-hydrogen) atoms. The van der Waals surface area contributed by atoms with Crippen molar-refractivity contribution in [1.29, 1.82) is 0 Å². The van der Waals surface area contributed by atoms with E-state index in [2.05, 4.69) is 10.1 Å². The van der Waals surface area contributed by atoms with Crippen molar-refractivity contribution in [2.75, 3.05) is 26.7 Å². The zero-order valence-electron chi connectivity index (χ0n) is 20.4. The number of likely N-dealkylation sites (tertiary alicyclic amines) is 1. The molecule has 186 valence electrons. The Kier molecular flexibility index (Phi) is 7.20. The molecule has 1 saturated heterocycles. The average Bonchev–Trinajstić information content (AvgIpc) is 3.49. The van der Waals surface area contributed by atoms with Crippen molar-refractivity contribution < 1.29 is 18.7 Å². The molecule has 3 aromatic rings. The molecule has 3 heterocycles. The Hall–Kier alpha value is -3.27. The summed E-state index contributed by atoms with van der Waals surface area (Å²) in [5.41, 5.74) is 0.0955. The Morgan fingerprint density at radius 3 is 2.46 bits per heavy atom. The zero-order chi connectivity index (χ0) is 25.2. The van der Waals surface area contributed by atoms with Crippen molar-refractivity contribution in [3.63, 3.8) is 0 Å². The predicted molar refractivity (Wildman–Crippen MR) is 132 cm³/mol. The van der Waals surface area contributed by atoms with Crippen LogP contribution in [0.15, 0.2) is 41.8 Å². The summed E-state index contributed by atoms with van der Waals surface area (Å²) in [5, 5.41) is 6.43. The summed E-state index contributed by atoms with van der Waals surface area (Å²) >= 11 is 1.50. The number of carbonyl (C=O) groups excluding carboxylic acids is 2. The Morgan fingerprint density at radius 2 is 1.86 bits per heavy atom. The van der Waals surface area contributed by atoms with Crippen LogP contribution in [0.3, 0.4) is 0 Å². The Bertz CT molecular complexity index is 1160. The van der Waals surface area contributed by atoms with Crippen molar-refractivity contribution in [1.82, 2.24) is 24.6 Å². The van der Waals surface area contributed by atoms with Gasteiger partial charge in [-0.05, 0) is 75.2 Å². The smallest absolute Gasteiger partial charge is 0.410 e. The number of piperidine rings is 1. The quantitative estimate of drug-likeness (QED) is 0.501. The van der Waals surface area contributed by atoms with E-state index in [9.17, 15) is 14.0 Å². The van der Waals surface area contributed by atoms with E-state index in [4.69, 9.17) is 4.74 Å². The summed E-state index contributed by atoms with van der Waals surface area (Å²) in [6, 6.07) is 9.76. The zero-order valence-corrected chi connectivity index (χ0v) is 21.2. The molecular formula is C25H30FN5O3S. The highest BCUT2D eigenvalue weighted by Crippen LogP contribution is 2.27. The second-order valence-electron chi connectivity index (χ2n) is 9.72. The maximum absolute atomic E-state index is 13.4. The second kappa shape index (κ2) is 10.2. The maximum Gasteiger partial charge on any atom is 0.410 e. The third-order valence-corrected chi connectivity index (χ3v) is 6.62.